The highest BCUT2D eigenvalue weighted by Crippen LogP contribution is 2.25. The Morgan fingerprint density at radius 3 is 1.71 bits per heavy atom. The van der Waals surface area contributed by atoms with Crippen LogP contribution in [0, 0.1) is 0 Å². The van der Waals surface area contributed by atoms with E-state index in [4.69, 9.17) is 0 Å². The molecule has 0 amide bonds. The third-order valence-corrected chi connectivity index (χ3v) is 2.29. The minimum absolute atomic E-state index is 0.334. The minimum Gasteiger partial charge on any atom is -0.465 e. The smallest absolute Gasteiger partial charge is 0.339 e. The SMILES string of the molecule is COC(=O)c1cccc(C(=O)OC)c1N(C)C. The van der Waals surface area contributed by atoms with E-state index in [0.717, 1.165) is 0 Å². The van der Waals surface area contributed by atoms with E-state index in [1.165, 1.54) is 14.2 Å². The molecule has 1 aromatic carbocycles. The molecule has 5 heteroatoms. The highest BCUT2D eigenvalue weighted by atomic mass is 16.5. The first-order valence-corrected chi connectivity index (χ1v) is 5.00. The molecule has 0 fully saturated rings. The molecule has 0 aliphatic carbocycles. The van der Waals surface area contributed by atoms with Crippen molar-refractivity contribution in [3.05, 3.63) is 29.3 Å². The van der Waals surface area contributed by atoms with Gasteiger partial charge < -0.3 is 14.4 Å². The van der Waals surface area contributed by atoms with Crippen molar-refractivity contribution in [3.8, 4) is 0 Å². The van der Waals surface area contributed by atoms with Gasteiger partial charge in [-0.15, -0.1) is 0 Å². The lowest BCUT2D eigenvalue weighted by Gasteiger charge is -2.19. The van der Waals surface area contributed by atoms with Crippen molar-refractivity contribution in [1.82, 2.24) is 0 Å². The zero-order valence-corrected chi connectivity index (χ0v) is 10.3. The van der Waals surface area contributed by atoms with Crippen LogP contribution < -0.4 is 4.90 Å². The average molecular weight is 237 g/mol. The van der Waals surface area contributed by atoms with E-state index in [1.807, 2.05) is 0 Å². The second kappa shape index (κ2) is 5.34. The molecule has 0 unspecified atom stereocenters. The van der Waals surface area contributed by atoms with Crippen molar-refractivity contribution >= 4 is 17.6 Å². The number of benzene rings is 1. The number of ether oxygens (including phenoxy) is 2. The summed E-state index contributed by atoms with van der Waals surface area (Å²) in [6.45, 7) is 0. The fourth-order valence-corrected chi connectivity index (χ4v) is 1.57. The number of methoxy groups -OCH3 is 2. The van der Waals surface area contributed by atoms with Crippen LogP contribution in [0.1, 0.15) is 20.7 Å². The van der Waals surface area contributed by atoms with Crippen LogP contribution >= 0.6 is 0 Å². The molecule has 0 aliphatic heterocycles. The van der Waals surface area contributed by atoms with Crippen LogP contribution in [0.15, 0.2) is 18.2 Å². The van der Waals surface area contributed by atoms with Gasteiger partial charge in [-0.1, -0.05) is 6.07 Å². The molecule has 0 aromatic heterocycles. The number of rotatable bonds is 3. The van der Waals surface area contributed by atoms with Crippen molar-refractivity contribution in [1.29, 1.82) is 0 Å². The molecule has 17 heavy (non-hydrogen) atoms. The summed E-state index contributed by atoms with van der Waals surface area (Å²) in [6, 6.07) is 4.83. The lowest BCUT2D eigenvalue weighted by molar-refractivity contribution is 0.0601. The van der Waals surface area contributed by atoms with Gasteiger partial charge in [0.1, 0.15) is 0 Å². The molecule has 0 bridgehead atoms. The van der Waals surface area contributed by atoms with E-state index in [9.17, 15) is 9.59 Å². The number of hydrogen-bond acceptors (Lipinski definition) is 5. The van der Waals surface area contributed by atoms with Gasteiger partial charge in [0.15, 0.2) is 0 Å². The molecule has 0 saturated heterocycles. The average Bonchev–Trinajstić information content (AvgIpc) is 2.35. The fraction of sp³-hybridized carbons (Fsp3) is 0.333. The normalized spacial score (nSPS) is 9.65. The van der Waals surface area contributed by atoms with Gasteiger partial charge in [-0.05, 0) is 12.1 Å². The first-order chi connectivity index (χ1) is 8.02. The quantitative estimate of drug-likeness (QED) is 0.742. The summed E-state index contributed by atoms with van der Waals surface area (Å²) in [5.41, 5.74) is 1.16. The third-order valence-electron chi connectivity index (χ3n) is 2.29. The van der Waals surface area contributed by atoms with Crippen LogP contribution in [0.4, 0.5) is 5.69 Å². The Morgan fingerprint density at radius 2 is 1.41 bits per heavy atom. The Morgan fingerprint density at radius 1 is 1.00 bits per heavy atom. The molecular formula is C12H15NO4. The molecule has 0 spiro atoms. The number of nitrogens with zero attached hydrogens (tertiary/aromatic N) is 1. The van der Waals surface area contributed by atoms with Gasteiger partial charge in [0.25, 0.3) is 0 Å². The first-order valence-electron chi connectivity index (χ1n) is 5.00. The fourth-order valence-electron chi connectivity index (χ4n) is 1.57. The highest BCUT2D eigenvalue weighted by Gasteiger charge is 2.21. The van der Waals surface area contributed by atoms with Gasteiger partial charge in [-0.25, -0.2) is 9.59 Å². The maximum Gasteiger partial charge on any atom is 0.339 e. The Bertz CT molecular complexity index is 406. The molecule has 0 radical (unpaired) electrons. The van der Waals surface area contributed by atoms with Gasteiger partial charge in [0, 0.05) is 14.1 Å². The molecule has 0 aliphatic rings. The first kappa shape index (κ1) is 13.0. The standard InChI is InChI=1S/C12H15NO4/c1-13(2)10-8(11(14)16-3)6-5-7-9(10)12(15)17-4/h5-7H,1-4H3. The number of anilines is 1. The topological polar surface area (TPSA) is 55.8 Å². The summed E-state index contributed by atoms with van der Waals surface area (Å²) < 4.78 is 9.36. The number of esters is 2. The van der Waals surface area contributed by atoms with Crippen LogP contribution in [0.3, 0.4) is 0 Å². The summed E-state index contributed by atoms with van der Waals surface area (Å²) in [5.74, 6) is -0.973. The van der Waals surface area contributed by atoms with Gasteiger partial charge >= 0.3 is 11.9 Å². The van der Waals surface area contributed by atoms with Crippen LogP contribution in [0.5, 0.6) is 0 Å². The predicted molar refractivity (Wildman–Crippen MR) is 63.4 cm³/mol. The van der Waals surface area contributed by atoms with Gasteiger partial charge in [0.05, 0.1) is 31.0 Å². The highest BCUT2D eigenvalue weighted by molar-refractivity contribution is 6.04. The van der Waals surface area contributed by atoms with Gasteiger partial charge in [-0.2, -0.15) is 0 Å². The van der Waals surface area contributed by atoms with Gasteiger partial charge in [0.2, 0.25) is 0 Å². The monoisotopic (exact) mass is 237 g/mol. The molecule has 1 rings (SSSR count). The maximum absolute atomic E-state index is 11.6. The summed E-state index contributed by atoms with van der Waals surface area (Å²) in [6.07, 6.45) is 0. The molecule has 0 N–H and O–H groups in total. The van der Waals surface area contributed by atoms with Gasteiger partial charge in [-0.3, -0.25) is 0 Å². The minimum atomic E-state index is -0.487. The molecule has 0 atom stereocenters. The van der Waals surface area contributed by atoms with E-state index < -0.39 is 11.9 Å². The lowest BCUT2D eigenvalue weighted by atomic mass is 10.1. The Kier molecular flexibility index (Phi) is 4.09. The van der Waals surface area contributed by atoms with Crippen LogP contribution in [-0.2, 0) is 9.47 Å². The summed E-state index contributed by atoms with van der Waals surface area (Å²) in [4.78, 5) is 24.9. The summed E-state index contributed by atoms with van der Waals surface area (Å²) in [5, 5.41) is 0. The van der Waals surface area contributed by atoms with E-state index >= 15 is 0 Å². The molecule has 1 aromatic rings. The Labute approximate surface area is 99.9 Å². The molecule has 0 saturated carbocycles. The third kappa shape index (κ3) is 2.55. The molecular weight excluding hydrogens is 222 g/mol. The second-order valence-electron chi connectivity index (χ2n) is 3.58. The number of para-hydroxylation sites is 1. The molecule has 92 valence electrons. The Hall–Kier alpha value is -2.04. The van der Waals surface area contributed by atoms with Crippen LogP contribution in [0.2, 0.25) is 0 Å². The van der Waals surface area contributed by atoms with E-state index in [0.29, 0.717) is 16.8 Å². The van der Waals surface area contributed by atoms with Crippen molar-refractivity contribution in [3.63, 3.8) is 0 Å². The number of carbonyl (C=O) groups is 2. The summed E-state index contributed by atoms with van der Waals surface area (Å²) in [7, 11) is 6.08. The lowest BCUT2D eigenvalue weighted by Crippen LogP contribution is -2.19. The predicted octanol–water partition coefficient (Wildman–Crippen LogP) is 1.33. The van der Waals surface area contributed by atoms with Crippen LogP contribution in [-0.4, -0.2) is 40.3 Å². The zero-order chi connectivity index (χ0) is 13.0. The zero-order valence-electron chi connectivity index (χ0n) is 10.3. The van der Waals surface area contributed by atoms with Crippen molar-refractivity contribution in [2.75, 3.05) is 33.2 Å². The second-order valence-corrected chi connectivity index (χ2v) is 3.58. The summed E-state index contributed by atoms with van der Waals surface area (Å²) >= 11 is 0. The van der Waals surface area contributed by atoms with Crippen LogP contribution in [0.25, 0.3) is 0 Å². The largest absolute Gasteiger partial charge is 0.465 e. The van der Waals surface area contributed by atoms with Crippen molar-refractivity contribution in [2.24, 2.45) is 0 Å². The van der Waals surface area contributed by atoms with Crippen molar-refractivity contribution < 1.29 is 19.1 Å². The number of carbonyl (C=O) groups excluding carboxylic acids is 2. The van der Waals surface area contributed by atoms with Crippen molar-refractivity contribution in [2.45, 2.75) is 0 Å². The van der Waals surface area contributed by atoms with E-state index in [2.05, 4.69) is 9.47 Å². The Balaban J connectivity index is 3.42. The molecule has 5 nitrogen and oxygen atoms in total. The number of hydrogen-bond donors (Lipinski definition) is 0. The maximum atomic E-state index is 11.6. The van der Waals surface area contributed by atoms with E-state index in [1.54, 1.807) is 37.2 Å². The van der Waals surface area contributed by atoms with E-state index in [-0.39, 0.29) is 0 Å². The molecule has 0 heterocycles.